The molecule has 1 saturated heterocycles. The number of halogens is 5. The lowest BCUT2D eigenvalue weighted by atomic mass is 10.1. The first kappa shape index (κ1) is 14.5. The van der Waals surface area contributed by atoms with Crippen LogP contribution in [0.2, 0.25) is 5.02 Å². The van der Waals surface area contributed by atoms with Crippen LogP contribution in [0.1, 0.15) is 12.0 Å². The van der Waals surface area contributed by atoms with Crippen molar-refractivity contribution in [1.29, 1.82) is 0 Å². The normalized spacial score (nSPS) is 20.2. The number of nitrogens with zero attached hydrogens (tertiary/aromatic N) is 1. The Bertz CT molecular complexity index is 504. The van der Waals surface area contributed by atoms with Crippen molar-refractivity contribution in [1.82, 2.24) is 0 Å². The number of benzene rings is 1. The number of carbonyl (C=O) groups is 1. The summed E-state index contributed by atoms with van der Waals surface area (Å²) in [5, 5.41) is -0.378. The Morgan fingerprint density at radius 2 is 2.05 bits per heavy atom. The molecular formula is C12H10Cl2F3NO. The molecule has 0 spiro atoms. The highest BCUT2D eigenvalue weighted by Crippen LogP contribution is 2.38. The third-order valence-corrected chi connectivity index (χ3v) is 3.76. The standard InChI is InChI=1S/C12H10Cl2F3NO/c13-5-7-3-11(19)18(6-7)8-1-2-10(14)9(4-8)12(15,16)17/h1-2,4,7H,3,5-6H2. The van der Waals surface area contributed by atoms with E-state index in [-0.39, 0.29) is 29.0 Å². The van der Waals surface area contributed by atoms with Gasteiger partial charge < -0.3 is 4.90 Å². The lowest BCUT2D eigenvalue weighted by Gasteiger charge is -2.19. The van der Waals surface area contributed by atoms with Crippen LogP contribution in [-0.2, 0) is 11.0 Å². The molecule has 1 aliphatic rings. The van der Waals surface area contributed by atoms with Crippen LogP contribution in [0, 0.1) is 5.92 Å². The SMILES string of the molecule is O=C1CC(CCl)CN1c1ccc(Cl)c(C(F)(F)F)c1. The van der Waals surface area contributed by atoms with Crippen LogP contribution < -0.4 is 4.90 Å². The van der Waals surface area contributed by atoms with Gasteiger partial charge in [-0.3, -0.25) is 4.79 Å². The molecule has 1 aliphatic heterocycles. The van der Waals surface area contributed by atoms with Crippen molar-refractivity contribution in [2.45, 2.75) is 12.6 Å². The second kappa shape index (κ2) is 5.21. The Morgan fingerprint density at radius 1 is 1.37 bits per heavy atom. The molecule has 19 heavy (non-hydrogen) atoms. The Balaban J connectivity index is 2.34. The van der Waals surface area contributed by atoms with E-state index in [1.54, 1.807) is 0 Å². The highest BCUT2D eigenvalue weighted by Gasteiger charge is 2.35. The number of anilines is 1. The van der Waals surface area contributed by atoms with Crippen molar-refractivity contribution in [3.05, 3.63) is 28.8 Å². The minimum Gasteiger partial charge on any atom is -0.312 e. The summed E-state index contributed by atoms with van der Waals surface area (Å²) in [6.07, 6.45) is -4.28. The third kappa shape index (κ3) is 2.98. The van der Waals surface area contributed by atoms with Gasteiger partial charge in [0.1, 0.15) is 0 Å². The van der Waals surface area contributed by atoms with Gasteiger partial charge >= 0.3 is 6.18 Å². The third-order valence-electron chi connectivity index (χ3n) is 2.99. The maximum atomic E-state index is 12.7. The van der Waals surface area contributed by atoms with E-state index >= 15 is 0 Å². The molecule has 0 N–H and O–H groups in total. The molecule has 0 aromatic heterocycles. The van der Waals surface area contributed by atoms with Crippen molar-refractivity contribution in [3.63, 3.8) is 0 Å². The number of carbonyl (C=O) groups excluding carboxylic acids is 1. The molecule has 2 rings (SSSR count). The summed E-state index contributed by atoms with van der Waals surface area (Å²) in [6.45, 7) is 0.335. The van der Waals surface area contributed by atoms with Crippen LogP contribution in [0.15, 0.2) is 18.2 Å². The molecule has 2 nitrogen and oxygen atoms in total. The topological polar surface area (TPSA) is 20.3 Å². The molecule has 1 aromatic carbocycles. The van der Waals surface area contributed by atoms with Crippen LogP contribution in [0.3, 0.4) is 0 Å². The highest BCUT2D eigenvalue weighted by atomic mass is 35.5. The number of hydrogen-bond acceptors (Lipinski definition) is 1. The van der Waals surface area contributed by atoms with E-state index < -0.39 is 11.7 Å². The van der Waals surface area contributed by atoms with E-state index in [2.05, 4.69) is 0 Å². The Morgan fingerprint density at radius 3 is 2.58 bits per heavy atom. The summed E-state index contributed by atoms with van der Waals surface area (Å²) in [4.78, 5) is 13.1. The van der Waals surface area contributed by atoms with Gasteiger partial charge in [0.05, 0.1) is 10.6 Å². The Labute approximate surface area is 118 Å². The molecule has 1 heterocycles. The lowest BCUT2D eigenvalue weighted by Crippen LogP contribution is -2.25. The fourth-order valence-corrected chi connectivity index (χ4v) is 2.46. The quantitative estimate of drug-likeness (QED) is 0.757. The van der Waals surface area contributed by atoms with Gasteiger partial charge in [0.15, 0.2) is 0 Å². The van der Waals surface area contributed by atoms with Crippen molar-refractivity contribution in [2.24, 2.45) is 5.92 Å². The maximum Gasteiger partial charge on any atom is 0.417 e. The molecule has 104 valence electrons. The molecule has 1 amide bonds. The van der Waals surface area contributed by atoms with Crippen molar-refractivity contribution in [3.8, 4) is 0 Å². The Hall–Kier alpha value is -0.940. The van der Waals surface area contributed by atoms with Gasteiger partial charge in [0.25, 0.3) is 0 Å². The molecule has 1 atom stereocenters. The summed E-state index contributed by atoms with van der Waals surface area (Å²) in [7, 11) is 0. The molecule has 1 unspecified atom stereocenters. The first-order chi connectivity index (χ1) is 8.82. The van der Waals surface area contributed by atoms with Crippen LogP contribution in [0.25, 0.3) is 0 Å². The van der Waals surface area contributed by atoms with Crippen molar-refractivity contribution in [2.75, 3.05) is 17.3 Å². The summed E-state index contributed by atoms with van der Waals surface area (Å²) in [6, 6.07) is 3.46. The summed E-state index contributed by atoms with van der Waals surface area (Å²) < 4.78 is 38.2. The van der Waals surface area contributed by atoms with Crippen LogP contribution >= 0.6 is 23.2 Å². The maximum absolute atomic E-state index is 12.7. The zero-order valence-electron chi connectivity index (χ0n) is 9.68. The highest BCUT2D eigenvalue weighted by molar-refractivity contribution is 6.31. The average Bonchev–Trinajstić information content (AvgIpc) is 2.70. The van der Waals surface area contributed by atoms with Gasteiger partial charge in [-0.05, 0) is 24.1 Å². The second-order valence-electron chi connectivity index (χ2n) is 4.39. The Kier molecular flexibility index (Phi) is 3.97. The van der Waals surface area contributed by atoms with Gasteiger partial charge in [0, 0.05) is 24.5 Å². The molecule has 0 radical (unpaired) electrons. The number of amides is 1. The fourth-order valence-electron chi connectivity index (χ4n) is 2.03. The predicted octanol–water partition coefficient (Wildman–Crippen LogP) is 3.95. The number of hydrogen-bond donors (Lipinski definition) is 0. The second-order valence-corrected chi connectivity index (χ2v) is 5.11. The van der Waals surface area contributed by atoms with E-state index in [1.807, 2.05) is 0 Å². The molecule has 1 fully saturated rings. The van der Waals surface area contributed by atoms with Crippen LogP contribution in [-0.4, -0.2) is 18.3 Å². The molecule has 7 heteroatoms. The fraction of sp³-hybridized carbons (Fsp3) is 0.417. The number of rotatable bonds is 2. The van der Waals surface area contributed by atoms with Gasteiger partial charge in [-0.15, -0.1) is 11.6 Å². The zero-order chi connectivity index (χ0) is 14.2. The molecule has 1 aromatic rings. The van der Waals surface area contributed by atoms with Crippen LogP contribution in [0.5, 0.6) is 0 Å². The first-order valence-corrected chi connectivity index (χ1v) is 6.47. The first-order valence-electron chi connectivity index (χ1n) is 5.56. The molecule has 0 saturated carbocycles. The molecule has 0 bridgehead atoms. The van der Waals surface area contributed by atoms with Gasteiger partial charge in [0.2, 0.25) is 5.91 Å². The monoisotopic (exact) mass is 311 g/mol. The largest absolute Gasteiger partial charge is 0.417 e. The van der Waals surface area contributed by atoms with E-state index in [4.69, 9.17) is 23.2 Å². The van der Waals surface area contributed by atoms with E-state index in [0.717, 1.165) is 12.1 Å². The van der Waals surface area contributed by atoms with Gasteiger partial charge in [-0.1, -0.05) is 11.6 Å². The van der Waals surface area contributed by atoms with Gasteiger partial charge in [-0.25, -0.2) is 0 Å². The smallest absolute Gasteiger partial charge is 0.312 e. The lowest BCUT2D eigenvalue weighted by molar-refractivity contribution is -0.137. The average molecular weight is 312 g/mol. The van der Waals surface area contributed by atoms with Crippen molar-refractivity contribution >= 4 is 34.8 Å². The van der Waals surface area contributed by atoms with E-state index in [0.29, 0.717) is 12.4 Å². The minimum absolute atomic E-state index is 0.0285. The van der Waals surface area contributed by atoms with E-state index in [9.17, 15) is 18.0 Å². The van der Waals surface area contributed by atoms with Crippen molar-refractivity contribution < 1.29 is 18.0 Å². The molecule has 0 aliphatic carbocycles. The number of alkyl halides is 4. The van der Waals surface area contributed by atoms with Crippen LogP contribution in [0.4, 0.5) is 18.9 Å². The summed E-state index contributed by atoms with van der Waals surface area (Å²) in [5.41, 5.74) is -0.733. The minimum atomic E-state index is -4.54. The zero-order valence-corrected chi connectivity index (χ0v) is 11.2. The van der Waals surface area contributed by atoms with E-state index in [1.165, 1.54) is 11.0 Å². The summed E-state index contributed by atoms with van der Waals surface area (Å²) in [5.74, 6) is 0.0578. The molecular weight excluding hydrogens is 302 g/mol. The van der Waals surface area contributed by atoms with Gasteiger partial charge in [-0.2, -0.15) is 13.2 Å². The summed E-state index contributed by atoms with van der Waals surface area (Å²) >= 11 is 11.2. The predicted molar refractivity (Wildman–Crippen MR) is 67.6 cm³/mol.